The van der Waals surface area contributed by atoms with Crippen LogP contribution in [0.4, 0.5) is 17.1 Å². The number of furan rings is 1. The first-order valence-corrected chi connectivity index (χ1v) is 17.4. The first kappa shape index (κ1) is 28.0. The molecular formula is C48H30N2O. The number of rotatable bonds is 4. The van der Waals surface area contributed by atoms with Crippen LogP contribution < -0.4 is 4.90 Å². The Kier molecular flexibility index (Phi) is 5.96. The highest BCUT2D eigenvalue weighted by Crippen LogP contribution is 2.48. The molecule has 2 heterocycles. The second-order valence-corrected chi connectivity index (χ2v) is 13.3. The van der Waals surface area contributed by atoms with Gasteiger partial charge in [0.05, 0.1) is 22.4 Å². The first-order valence-electron chi connectivity index (χ1n) is 17.4. The molecule has 0 aliphatic carbocycles. The lowest BCUT2D eigenvalue weighted by Crippen LogP contribution is -2.12. The van der Waals surface area contributed by atoms with Gasteiger partial charge in [-0.25, -0.2) is 0 Å². The van der Waals surface area contributed by atoms with E-state index in [0.29, 0.717) is 0 Å². The molecule has 9 aromatic carbocycles. The summed E-state index contributed by atoms with van der Waals surface area (Å²) in [6.07, 6.45) is 0. The maximum atomic E-state index is 6.33. The Bertz CT molecular complexity index is 3150. The average Bonchev–Trinajstić information content (AvgIpc) is 3.74. The van der Waals surface area contributed by atoms with Crippen LogP contribution >= 0.6 is 0 Å². The summed E-state index contributed by atoms with van der Waals surface area (Å²) in [6.45, 7) is 0. The zero-order valence-electron chi connectivity index (χ0n) is 27.6. The van der Waals surface area contributed by atoms with Crippen LogP contribution in [-0.2, 0) is 0 Å². The van der Waals surface area contributed by atoms with E-state index >= 15 is 0 Å². The Morgan fingerprint density at radius 2 is 1.06 bits per heavy atom. The second kappa shape index (κ2) is 10.8. The Balaban J connectivity index is 1.31. The van der Waals surface area contributed by atoms with Crippen molar-refractivity contribution in [2.24, 2.45) is 0 Å². The van der Waals surface area contributed by atoms with Gasteiger partial charge in [-0.1, -0.05) is 127 Å². The van der Waals surface area contributed by atoms with E-state index in [2.05, 4.69) is 179 Å². The van der Waals surface area contributed by atoms with Crippen LogP contribution in [0.1, 0.15) is 0 Å². The first-order chi connectivity index (χ1) is 25.3. The molecule has 3 heteroatoms. The molecule has 0 saturated carbocycles. The molecule has 0 atom stereocenters. The van der Waals surface area contributed by atoms with E-state index in [1.54, 1.807) is 0 Å². The van der Waals surface area contributed by atoms with Crippen molar-refractivity contribution in [2.45, 2.75) is 0 Å². The average molecular weight is 651 g/mol. The minimum absolute atomic E-state index is 0.881. The smallest absolute Gasteiger partial charge is 0.135 e. The minimum atomic E-state index is 0.881. The van der Waals surface area contributed by atoms with Gasteiger partial charge in [0.15, 0.2) is 0 Å². The van der Waals surface area contributed by atoms with E-state index < -0.39 is 0 Å². The van der Waals surface area contributed by atoms with Crippen molar-refractivity contribution in [3.63, 3.8) is 0 Å². The van der Waals surface area contributed by atoms with Crippen LogP contribution in [0.15, 0.2) is 186 Å². The van der Waals surface area contributed by atoms with Gasteiger partial charge >= 0.3 is 0 Å². The van der Waals surface area contributed by atoms with Crippen molar-refractivity contribution in [1.29, 1.82) is 0 Å². The molecule has 11 aromatic rings. The van der Waals surface area contributed by atoms with Gasteiger partial charge in [-0.15, -0.1) is 0 Å². The summed E-state index contributed by atoms with van der Waals surface area (Å²) in [6, 6.07) is 65.7. The van der Waals surface area contributed by atoms with E-state index in [0.717, 1.165) is 50.2 Å². The molecule has 0 radical (unpaired) electrons. The molecule has 0 saturated heterocycles. The van der Waals surface area contributed by atoms with Gasteiger partial charge in [0.1, 0.15) is 11.2 Å². The molecule has 0 amide bonds. The Morgan fingerprint density at radius 3 is 1.94 bits per heavy atom. The van der Waals surface area contributed by atoms with Crippen LogP contribution in [-0.4, -0.2) is 4.57 Å². The monoisotopic (exact) mass is 650 g/mol. The van der Waals surface area contributed by atoms with Crippen LogP contribution in [0, 0.1) is 0 Å². The predicted molar refractivity (Wildman–Crippen MR) is 215 cm³/mol. The normalized spacial score (nSPS) is 11.9. The molecule has 2 aromatic heterocycles. The third kappa shape index (κ3) is 4.12. The van der Waals surface area contributed by atoms with Crippen LogP contribution in [0.25, 0.3) is 81.7 Å². The number of anilines is 3. The quantitative estimate of drug-likeness (QED) is 0.177. The number of nitrogens with zero attached hydrogens (tertiary/aromatic N) is 2. The van der Waals surface area contributed by atoms with Crippen molar-refractivity contribution in [2.75, 3.05) is 4.90 Å². The highest BCUT2D eigenvalue weighted by Gasteiger charge is 2.24. The fourth-order valence-electron chi connectivity index (χ4n) is 8.33. The fraction of sp³-hybridized carbons (Fsp3) is 0. The number of para-hydroxylation sites is 4. The van der Waals surface area contributed by atoms with Crippen LogP contribution in [0.3, 0.4) is 0 Å². The minimum Gasteiger partial charge on any atom is -0.456 e. The molecular weight excluding hydrogens is 621 g/mol. The van der Waals surface area contributed by atoms with Gasteiger partial charge < -0.3 is 13.9 Å². The number of aromatic nitrogens is 1. The van der Waals surface area contributed by atoms with Gasteiger partial charge in [-0.2, -0.15) is 0 Å². The molecule has 0 N–H and O–H groups in total. The summed E-state index contributed by atoms with van der Waals surface area (Å²) in [7, 11) is 0. The number of hydrogen-bond acceptors (Lipinski definition) is 2. The predicted octanol–water partition coefficient (Wildman–Crippen LogP) is 13.6. The van der Waals surface area contributed by atoms with Gasteiger partial charge in [0.25, 0.3) is 0 Å². The molecule has 0 bridgehead atoms. The second-order valence-electron chi connectivity index (χ2n) is 13.3. The highest BCUT2D eigenvalue weighted by molar-refractivity contribution is 6.24. The van der Waals surface area contributed by atoms with Crippen LogP contribution in [0.2, 0.25) is 0 Å². The molecule has 0 spiro atoms. The zero-order valence-corrected chi connectivity index (χ0v) is 27.6. The maximum absolute atomic E-state index is 6.33. The van der Waals surface area contributed by atoms with Gasteiger partial charge in [0.2, 0.25) is 0 Å². The molecule has 0 aliphatic rings. The van der Waals surface area contributed by atoms with Crippen molar-refractivity contribution in [3.05, 3.63) is 182 Å². The third-order valence-electron chi connectivity index (χ3n) is 10.5. The summed E-state index contributed by atoms with van der Waals surface area (Å²) >= 11 is 0. The number of benzene rings is 9. The van der Waals surface area contributed by atoms with Crippen LogP contribution in [0.5, 0.6) is 0 Å². The maximum Gasteiger partial charge on any atom is 0.135 e. The van der Waals surface area contributed by atoms with Gasteiger partial charge in [-0.3, -0.25) is 0 Å². The molecule has 238 valence electrons. The van der Waals surface area contributed by atoms with E-state index in [9.17, 15) is 0 Å². The van der Waals surface area contributed by atoms with Crippen molar-refractivity contribution < 1.29 is 4.42 Å². The van der Waals surface area contributed by atoms with E-state index in [4.69, 9.17) is 4.42 Å². The summed E-state index contributed by atoms with van der Waals surface area (Å²) in [5.41, 5.74) is 8.53. The Hall–Kier alpha value is -6.84. The Morgan fingerprint density at radius 1 is 0.392 bits per heavy atom. The SMILES string of the molecule is c1ccc(-n2c3ccccc3c3cccc(N(c4ccc5oc6ccccc6c5c4)c4cc5ccc6ccccc6c5c5ccccc45)c32)cc1. The summed E-state index contributed by atoms with van der Waals surface area (Å²) in [4.78, 5) is 2.47. The van der Waals surface area contributed by atoms with Gasteiger partial charge in [0, 0.05) is 38.3 Å². The fourth-order valence-corrected chi connectivity index (χ4v) is 8.33. The van der Waals surface area contributed by atoms with E-state index in [1.165, 1.54) is 48.6 Å². The molecule has 51 heavy (non-hydrogen) atoms. The molecule has 3 nitrogen and oxygen atoms in total. The summed E-state index contributed by atoms with van der Waals surface area (Å²) in [5, 5.41) is 12.1. The molecule has 11 rings (SSSR count). The zero-order chi connectivity index (χ0) is 33.5. The van der Waals surface area contributed by atoms with Crippen molar-refractivity contribution in [3.8, 4) is 5.69 Å². The third-order valence-corrected chi connectivity index (χ3v) is 10.5. The Labute approximate surface area is 293 Å². The van der Waals surface area contributed by atoms with Crippen molar-refractivity contribution in [1.82, 2.24) is 4.57 Å². The lowest BCUT2D eigenvalue weighted by Gasteiger charge is -2.29. The number of fused-ring (bicyclic) bond motifs is 11. The molecule has 0 unspecified atom stereocenters. The number of hydrogen-bond donors (Lipinski definition) is 0. The lowest BCUT2D eigenvalue weighted by atomic mass is 9.94. The van der Waals surface area contributed by atoms with Gasteiger partial charge in [-0.05, 0) is 81.5 Å². The standard InChI is InChI=1S/C48H30N2O/c1-2-14-33(15-3-1)50-42-22-10-8-18-37(42)40-21-12-23-43(48(40)50)49(34-27-28-46-41(30-34)38-19-9-11-24-45(38)51-46)44-29-32-26-25-31-13-4-5-16-35(31)47(32)39-20-7-6-17-36(39)44/h1-30H. The summed E-state index contributed by atoms with van der Waals surface area (Å²) < 4.78 is 8.76. The molecule has 0 aliphatic heterocycles. The van der Waals surface area contributed by atoms with E-state index in [-0.39, 0.29) is 0 Å². The lowest BCUT2D eigenvalue weighted by molar-refractivity contribution is 0.669. The molecule has 0 fully saturated rings. The topological polar surface area (TPSA) is 21.3 Å². The largest absolute Gasteiger partial charge is 0.456 e. The summed E-state index contributed by atoms with van der Waals surface area (Å²) in [5.74, 6) is 0. The highest BCUT2D eigenvalue weighted by atomic mass is 16.3. The van der Waals surface area contributed by atoms with Crippen molar-refractivity contribution >= 4 is 93.1 Å². The van der Waals surface area contributed by atoms with E-state index in [1.807, 2.05) is 12.1 Å².